The van der Waals surface area contributed by atoms with Gasteiger partial charge in [0.2, 0.25) is 0 Å². The molecule has 0 aliphatic heterocycles. The maximum Gasteiger partial charge on any atom is 0.192 e. The van der Waals surface area contributed by atoms with Gasteiger partial charge in [0.05, 0.1) is 6.10 Å². The first kappa shape index (κ1) is 13.0. The van der Waals surface area contributed by atoms with Crippen molar-refractivity contribution in [2.24, 2.45) is 0 Å². The zero-order valence-electron chi connectivity index (χ0n) is 10.6. The Balaban J connectivity index is 2.19. The largest absolute Gasteiger partial charge is 0.441 e. The van der Waals surface area contributed by atoms with E-state index >= 15 is 0 Å². The molecule has 0 radical (unpaired) electrons. The summed E-state index contributed by atoms with van der Waals surface area (Å²) in [5, 5.41) is 22.8. The van der Waals surface area contributed by atoms with Crippen molar-refractivity contribution in [1.82, 2.24) is 10.3 Å². The molecule has 0 spiro atoms. The summed E-state index contributed by atoms with van der Waals surface area (Å²) in [5.74, 6) is 0.590. The van der Waals surface area contributed by atoms with Crippen LogP contribution in [-0.4, -0.2) is 34.9 Å². The van der Waals surface area contributed by atoms with Crippen LogP contribution in [0.4, 0.5) is 0 Å². The third-order valence-electron chi connectivity index (χ3n) is 2.91. The predicted octanol–water partition coefficient (Wildman–Crippen LogP) is 1.14. The van der Waals surface area contributed by atoms with E-state index < -0.39 is 12.2 Å². The molecule has 2 atom stereocenters. The molecule has 18 heavy (non-hydrogen) atoms. The van der Waals surface area contributed by atoms with Crippen LogP contribution >= 0.6 is 0 Å². The zero-order valence-corrected chi connectivity index (χ0v) is 10.6. The Morgan fingerprint density at radius 1 is 1.39 bits per heavy atom. The van der Waals surface area contributed by atoms with Crippen molar-refractivity contribution in [3.63, 3.8) is 0 Å². The number of oxazole rings is 1. The molecule has 1 aromatic heterocycles. The zero-order chi connectivity index (χ0) is 13.1. The second-order valence-corrected chi connectivity index (χ2v) is 4.36. The highest BCUT2D eigenvalue weighted by Crippen LogP contribution is 2.23. The lowest BCUT2D eigenvalue weighted by molar-refractivity contribution is 0.0141. The van der Waals surface area contributed by atoms with Gasteiger partial charge >= 0.3 is 0 Å². The third kappa shape index (κ3) is 2.69. The molecule has 5 heteroatoms. The molecular formula is C13H18N2O3. The molecule has 0 fully saturated rings. The van der Waals surface area contributed by atoms with Gasteiger partial charge in [-0.2, -0.15) is 0 Å². The van der Waals surface area contributed by atoms with E-state index in [4.69, 9.17) is 4.42 Å². The first-order chi connectivity index (χ1) is 8.61. The maximum absolute atomic E-state index is 10.0. The summed E-state index contributed by atoms with van der Waals surface area (Å²) in [7, 11) is 1.81. The number of aromatic nitrogens is 1. The lowest BCUT2D eigenvalue weighted by Gasteiger charge is -2.17. The van der Waals surface area contributed by atoms with Gasteiger partial charge in [0, 0.05) is 6.92 Å². The predicted molar refractivity (Wildman–Crippen MR) is 68.3 cm³/mol. The standard InChI is InChI=1S/C13H18N2O3/c1-8-15-10-7-9(3-4-12(10)18-8)13(17)11(16)5-6-14-2/h3-4,7,11,13-14,16-17H,5-6H2,1-2H3. The van der Waals surface area contributed by atoms with Crippen LogP contribution in [0.3, 0.4) is 0 Å². The number of aliphatic hydroxyl groups excluding tert-OH is 2. The topological polar surface area (TPSA) is 78.5 Å². The highest BCUT2D eigenvalue weighted by atomic mass is 16.3. The fourth-order valence-electron chi connectivity index (χ4n) is 1.92. The van der Waals surface area contributed by atoms with E-state index in [1.807, 2.05) is 7.05 Å². The van der Waals surface area contributed by atoms with Gasteiger partial charge in [0.25, 0.3) is 0 Å². The molecule has 0 saturated carbocycles. The number of nitrogens with one attached hydrogen (secondary N) is 1. The molecule has 2 unspecified atom stereocenters. The number of hydrogen-bond donors (Lipinski definition) is 3. The quantitative estimate of drug-likeness (QED) is 0.741. The molecule has 2 aromatic rings. The van der Waals surface area contributed by atoms with E-state index in [0.29, 0.717) is 35.5 Å². The molecule has 0 saturated heterocycles. The van der Waals surface area contributed by atoms with Gasteiger partial charge in [0.15, 0.2) is 11.5 Å². The number of aryl methyl sites for hydroxylation is 1. The maximum atomic E-state index is 10.0. The smallest absolute Gasteiger partial charge is 0.192 e. The molecule has 0 aliphatic carbocycles. The van der Waals surface area contributed by atoms with Gasteiger partial charge in [-0.05, 0) is 37.7 Å². The first-order valence-corrected chi connectivity index (χ1v) is 5.99. The minimum Gasteiger partial charge on any atom is -0.441 e. The van der Waals surface area contributed by atoms with Crippen molar-refractivity contribution in [2.75, 3.05) is 13.6 Å². The van der Waals surface area contributed by atoms with Crippen LogP contribution < -0.4 is 5.32 Å². The number of aliphatic hydroxyl groups is 2. The van der Waals surface area contributed by atoms with E-state index in [0.717, 1.165) is 0 Å². The Morgan fingerprint density at radius 3 is 2.89 bits per heavy atom. The number of nitrogens with zero attached hydrogens (tertiary/aromatic N) is 1. The van der Waals surface area contributed by atoms with Crippen LogP contribution in [0.25, 0.3) is 11.1 Å². The molecule has 0 aliphatic rings. The average molecular weight is 250 g/mol. The van der Waals surface area contributed by atoms with Crippen LogP contribution in [0, 0.1) is 6.92 Å². The van der Waals surface area contributed by atoms with Gasteiger partial charge in [-0.15, -0.1) is 0 Å². The Labute approximate surface area is 105 Å². The summed E-state index contributed by atoms with van der Waals surface area (Å²) in [6.45, 7) is 2.43. The Hall–Kier alpha value is -1.43. The van der Waals surface area contributed by atoms with Gasteiger partial charge in [-0.25, -0.2) is 4.98 Å². The van der Waals surface area contributed by atoms with Gasteiger partial charge in [0.1, 0.15) is 11.6 Å². The number of fused-ring (bicyclic) bond motifs is 1. The third-order valence-corrected chi connectivity index (χ3v) is 2.91. The summed E-state index contributed by atoms with van der Waals surface area (Å²) in [5.41, 5.74) is 2.04. The van der Waals surface area contributed by atoms with Crippen molar-refractivity contribution in [3.8, 4) is 0 Å². The van der Waals surface area contributed by atoms with E-state index in [9.17, 15) is 10.2 Å². The van der Waals surface area contributed by atoms with Crippen LogP contribution in [0.1, 0.15) is 24.0 Å². The van der Waals surface area contributed by atoms with Crippen molar-refractivity contribution >= 4 is 11.1 Å². The minimum atomic E-state index is -0.903. The number of benzene rings is 1. The summed E-state index contributed by atoms with van der Waals surface area (Å²) in [6.07, 6.45) is -1.20. The summed E-state index contributed by atoms with van der Waals surface area (Å²) in [4.78, 5) is 4.21. The summed E-state index contributed by atoms with van der Waals surface area (Å²) in [6, 6.07) is 5.26. The second-order valence-electron chi connectivity index (χ2n) is 4.36. The number of hydrogen-bond acceptors (Lipinski definition) is 5. The molecule has 2 rings (SSSR count). The Kier molecular flexibility index (Phi) is 3.96. The van der Waals surface area contributed by atoms with Gasteiger partial charge in [-0.1, -0.05) is 6.07 Å². The van der Waals surface area contributed by atoms with Crippen LogP contribution in [0.5, 0.6) is 0 Å². The molecule has 0 amide bonds. The fraction of sp³-hybridized carbons (Fsp3) is 0.462. The highest BCUT2D eigenvalue weighted by Gasteiger charge is 2.18. The van der Waals surface area contributed by atoms with Gasteiger partial charge < -0.3 is 19.9 Å². The van der Waals surface area contributed by atoms with Gasteiger partial charge in [-0.3, -0.25) is 0 Å². The molecular weight excluding hydrogens is 232 g/mol. The highest BCUT2D eigenvalue weighted by molar-refractivity contribution is 5.73. The van der Waals surface area contributed by atoms with Crippen molar-refractivity contribution < 1.29 is 14.6 Å². The fourth-order valence-corrected chi connectivity index (χ4v) is 1.92. The van der Waals surface area contributed by atoms with Crippen LogP contribution in [0.15, 0.2) is 22.6 Å². The van der Waals surface area contributed by atoms with E-state index in [1.54, 1.807) is 25.1 Å². The first-order valence-electron chi connectivity index (χ1n) is 5.99. The molecule has 1 aromatic carbocycles. The lowest BCUT2D eigenvalue weighted by Crippen LogP contribution is -2.23. The van der Waals surface area contributed by atoms with Crippen molar-refractivity contribution in [3.05, 3.63) is 29.7 Å². The van der Waals surface area contributed by atoms with Crippen molar-refractivity contribution in [1.29, 1.82) is 0 Å². The Morgan fingerprint density at radius 2 is 2.17 bits per heavy atom. The minimum absolute atomic E-state index is 0.494. The van der Waals surface area contributed by atoms with Crippen LogP contribution in [0.2, 0.25) is 0 Å². The van der Waals surface area contributed by atoms with Crippen molar-refractivity contribution in [2.45, 2.75) is 25.6 Å². The molecule has 5 nitrogen and oxygen atoms in total. The molecule has 3 N–H and O–H groups in total. The normalized spacial score (nSPS) is 14.9. The molecule has 0 bridgehead atoms. The number of rotatable bonds is 5. The summed E-state index contributed by atoms with van der Waals surface area (Å²) >= 11 is 0. The second kappa shape index (κ2) is 5.48. The SMILES string of the molecule is CNCCC(O)C(O)c1ccc2oc(C)nc2c1. The molecule has 1 heterocycles. The lowest BCUT2D eigenvalue weighted by atomic mass is 10.0. The summed E-state index contributed by atoms with van der Waals surface area (Å²) < 4.78 is 5.36. The van der Waals surface area contributed by atoms with Crippen LogP contribution in [-0.2, 0) is 0 Å². The Bertz CT molecular complexity index is 524. The van der Waals surface area contributed by atoms with E-state index in [1.165, 1.54) is 0 Å². The van der Waals surface area contributed by atoms with E-state index in [-0.39, 0.29) is 0 Å². The average Bonchev–Trinajstić information content (AvgIpc) is 2.73. The molecule has 98 valence electrons. The van der Waals surface area contributed by atoms with E-state index in [2.05, 4.69) is 10.3 Å². The monoisotopic (exact) mass is 250 g/mol.